The average molecular weight is 324 g/mol. The van der Waals surface area contributed by atoms with E-state index in [1.807, 2.05) is 30.3 Å². The van der Waals surface area contributed by atoms with Gasteiger partial charge in [-0.25, -0.2) is 0 Å². The van der Waals surface area contributed by atoms with Crippen molar-refractivity contribution < 1.29 is 14.7 Å². The molecule has 0 bridgehead atoms. The molecule has 3 N–H and O–H groups in total. The van der Waals surface area contributed by atoms with E-state index in [0.717, 1.165) is 5.56 Å². The molecule has 0 aliphatic heterocycles. The largest absolute Gasteiger partial charge is 0.481 e. The lowest BCUT2D eigenvalue weighted by Crippen LogP contribution is -2.34. The topological polar surface area (TPSA) is 108 Å². The Morgan fingerprint density at radius 1 is 1.08 bits per heavy atom. The lowest BCUT2D eigenvalue weighted by molar-refractivity contribution is -0.141. The van der Waals surface area contributed by atoms with Gasteiger partial charge in [0.25, 0.3) is 5.91 Å². The van der Waals surface area contributed by atoms with Gasteiger partial charge >= 0.3 is 5.97 Å². The van der Waals surface area contributed by atoms with Crippen LogP contribution < -0.4 is 5.32 Å². The van der Waals surface area contributed by atoms with Gasteiger partial charge in [-0.1, -0.05) is 30.3 Å². The Kier molecular flexibility index (Phi) is 4.51. The summed E-state index contributed by atoms with van der Waals surface area (Å²) in [6, 6.07) is 14.3. The minimum absolute atomic E-state index is 0.0555. The Labute approximate surface area is 137 Å². The summed E-state index contributed by atoms with van der Waals surface area (Å²) in [5.74, 6) is -1.96. The van der Waals surface area contributed by atoms with E-state index in [0.29, 0.717) is 23.0 Å². The molecule has 0 saturated carbocycles. The molecule has 1 amide bonds. The molecule has 0 aliphatic carbocycles. The van der Waals surface area contributed by atoms with Gasteiger partial charge in [0.15, 0.2) is 0 Å². The summed E-state index contributed by atoms with van der Waals surface area (Å²) in [6.07, 6.45) is 0.360. The van der Waals surface area contributed by atoms with Gasteiger partial charge in [0.2, 0.25) is 0 Å². The van der Waals surface area contributed by atoms with Crippen molar-refractivity contribution in [1.29, 1.82) is 0 Å². The number of aromatic nitrogens is 3. The summed E-state index contributed by atoms with van der Waals surface area (Å²) in [7, 11) is 0. The molecule has 7 nitrogen and oxygen atoms in total. The Bertz CT molecular complexity index is 860. The second-order valence-corrected chi connectivity index (χ2v) is 5.46. The minimum atomic E-state index is -0.939. The predicted molar refractivity (Wildman–Crippen MR) is 87.5 cm³/mol. The summed E-state index contributed by atoms with van der Waals surface area (Å²) in [4.78, 5) is 23.6. The van der Waals surface area contributed by atoms with Crippen molar-refractivity contribution in [3.8, 4) is 0 Å². The zero-order valence-electron chi connectivity index (χ0n) is 12.8. The maximum atomic E-state index is 12.2. The lowest BCUT2D eigenvalue weighted by atomic mass is 9.99. The van der Waals surface area contributed by atoms with Crippen molar-refractivity contribution in [2.45, 2.75) is 6.42 Å². The number of carboxylic acids is 1. The second kappa shape index (κ2) is 6.91. The summed E-state index contributed by atoms with van der Waals surface area (Å²) in [5.41, 5.74) is 2.59. The maximum absolute atomic E-state index is 12.2. The van der Waals surface area contributed by atoms with Crippen LogP contribution in [0.1, 0.15) is 15.9 Å². The van der Waals surface area contributed by atoms with E-state index >= 15 is 0 Å². The highest BCUT2D eigenvalue weighted by molar-refractivity contribution is 5.97. The van der Waals surface area contributed by atoms with E-state index in [-0.39, 0.29) is 12.5 Å². The number of nitrogens with zero attached hydrogens (tertiary/aromatic N) is 2. The summed E-state index contributed by atoms with van der Waals surface area (Å²) >= 11 is 0. The van der Waals surface area contributed by atoms with Crippen LogP contribution in [0.2, 0.25) is 0 Å². The van der Waals surface area contributed by atoms with E-state index in [4.69, 9.17) is 0 Å². The zero-order valence-corrected chi connectivity index (χ0v) is 12.8. The Hall–Kier alpha value is -3.22. The minimum Gasteiger partial charge on any atom is -0.481 e. The predicted octanol–water partition coefficient (Wildman–Crippen LogP) is 1.63. The number of nitrogens with one attached hydrogen (secondary N) is 2. The molecule has 0 radical (unpaired) electrons. The molecule has 7 heteroatoms. The third kappa shape index (κ3) is 3.57. The number of hydrogen-bond acceptors (Lipinski definition) is 4. The number of H-pyrrole nitrogens is 1. The van der Waals surface area contributed by atoms with Crippen LogP contribution in [-0.4, -0.2) is 38.9 Å². The molecule has 0 saturated heterocycles. The van der Waals surface area contributed by atoms with Gasteiger partial charge in [0.1, 0.15) is 11.0 Å². The van der Waals surface area contributed by atoms with Gasteiger partial charge in [-0.3, -0.25) is 9.59 Å². The number of aromatic amines is 1. The van der Waals surface area contributed by atoms with Crippen LogP contribution in [0.4, 0.5) is 0 Å². The van der Waals surface area contributed by atoms with Crippen molar-refractivity contribution in [3.05, 3.63) is 59.7 Å². The third-order valence-electron chi connectivity index (χ3n) is 3.76. The molecule has 3 aromatic rings. The average Bonchev–Trinajstić information content (AvgIpc) is 3.06. The normalized spacial score (nSPS) is 12.0. The fourth-order valence-corrected chi connectivity index (χ4v) is 2.44. The number of benzene rings is 2. The van der Waals surface area contributed by atoms with Crippen molar-refractivity contribution in [2.24, 2.45) is 5.92 Å². The highest BCUT2D eigenvalue weighted by Crippen LogP contribution is 2.12. The number of carboxylic acid groups (broad SMARTS) is 1. The van der Waals surface area contributed by atoms with E-state index in [2.05, 4.69) is 20.7 Å². The molecule has 122 valence electrons. The van der Waals surface area contributed by atoms with Crippen LogP contribution in [-0.2, 0) is 11.2 Å². The Morgan fingerprint density at radius 3 is 2.58 bits per heavy atom. The number of aliphatic carboxylic acids is 1. The van der Waals surface area contributed by atoms with Crippen molar-refractivity contribution in [2.75, 3.05) is 6.54 Å². The number of amides is 1. The van der Waals surface area contributed by atoms with E-state index < -0.39 is 11.9 Å². The third-order valence-corrected chi connectivity index (χ3v) is 3.76. The molecule has 2 aromatic carbocycles. The van der Waals surface area contributed by atoms with Crippen molar-refractivity contribution in [3.63, 3.8) is 0 Å². The highest BCUT2D eigenvalue weighted by Gasteiger charge is 2.19. The molecule has 1 atom stereocenters. The number of rotatable bonds is 6. The van der Waals surface area contributed by atoms with Crippen LogP contribution in [0.5, 0.6) is 0 Å². The number of carbonyl (C=O) groups is 2. The fraction of sp³-hybridized carbons (Fsp3) is 0.176. The Balaban J connectivity index is 1.65. The van der Waals surface area contributed by atoms with Crippen molar-refractivity contribution >= 4 is 22.9 Å². The SMILES string of the molecule is O=C(NCC(Cc1ccccc1)C(=O)O)c1ccc2n[nH]nc2c1. The monoisotopic (exact) mass is 324 g/mol. The maximum Gasteiger partial charge on any atom is 0.308 e. The molecule has 24 heavy (non-hydrogen) atoms. The number of carbonyl (C=O) groups excluding carboxylic acids is 1. The van der Waals surface area contributed by atoms with Gasteiger partial charge in [-0.15, -0.1) is 0 Å². The molecule has 1 heterocycles. The molecule has 0 spiro atoms. The zero-order chi connectivity index (χ0) is 16.9. The van der Waals surface area contributed by atoms with Gasteiger partial charge in [-0.05, 0) is 30.2 Å². The molecule has 1 aromatic heterocycles. The first-order valence-corrected chi connectivity index (χ1v) is 7.49. The highest BCUT2D eigenvalue weighted by atomic mass is 16.4. The second-order valence-electron chi connectivity index (χ2n) is 5.46. The van der Waals surface area contributed by atoms with Crippen molar-refractivity contribution in [1.82, 2.24) is 20.7 Å². The van der Waals surface area contributed by atoms with Gasteiger partial charge in [-0.2, -0.15) is 15.4 Å². The molecule has 0 aliphatic rings. The summed E-state index contributed by atoms with van der Waals surface area (Å²) in [6.45, 7) is 0.0555. The van der Waals surface area contributed by atoms with Crippen LogP contribution in [0.15, 0.2) is 48.5 Å². The standard InChI is InChI=1S/C17H16N4O3/c22-16(12-6-7-14-15(9-12)20-21-19-14)18-10-13(17(23)24)8-11-4-2-1-3-5-11/h1-7,9,13H,8,10H2,(H,18,22)(H,23,24)(H,19,20,21). The molecule has 3 rings (SSSR count). The van der Waals surface area contributed by atoms with Crippen LogP contribution in [0, 0.1) is 5.92 Å². The number of fused-ring (bicyclic) bond motifs is 1. The molecule has 0 fully saturated rings. The number of hydrogen-bond donors (Lipinski definition) is 3. The molecular weight excluding hydrogens is 308 g/mol. The van der Waals surface area contributed by atoms with Gasteiger partial charge < -0.3 is 10.4 Å². The van der Waals surface area contributed by atoms with Gasteiger partial charge in [0, 0.05) is 12.1 Å². The van der Waals surface area contributed by atoms with Crippen LogP contribution >= 0.6 is 0 Å². The summed E-state index contributed by atoms with van der Waals surface area (Å²) in [5, 5.41) is 22.4. The quantitative estimate of drug-likeness (QED) is 0.639. The summed E-state index contributed by atoms with van der Waals surface area (Å²) < 4.78 is 0. The molecular formula is C17H16N4O3. The van der Waals surface area contributed by atoms with Gasteiger partial charge in [0.05, 0.1) is 5.92 Å². The first-order chi connectivity index (χ1) is 11.6. The first-order valence-electron chi connectivity index (χ1n) is 7.49. The van der Waals surface area contributed by atoms with E-state index in [1.54, 1.807) is 18.2 Å². The smallest absolute Gasteiger partial charge is 0.308 e. The molecule has 1 unspecified atom stereocenters. The van der Waals surface area contributed by atoms with Crippen LogP contribution in [0.25, 0.3) is 11.0 Å². The van der Waals surface area contributed by atoms with E-state index in [9.17, 15) is 14.7 Å². The van der Waals surface area contributed by atoms with Crippen LogP contribution in [0.3, 0.4) is 0 Å². The first kappa shape index (κ1) is 15.7. The lowest BCUT2D eigenvalue weighted by Gasteiger charge is -2.13. The Morgan fingerprint density at radius 2 is 1.83 bits per heavy atom. The van der Waals surface area contributed by atoms with E-state index in [1.165, 1.54) is 0 Å². The fourth-order valence-electron chi connectivity index (χ4n) is 2.44.